The van der Waals surface area contributed by atoms with Crippen LogP contribution in [0.3, 0.4) is 0 Å². The number of rotatable bonds is 8. The second-order valence-electron chi connectivity index (χ2n) is 6.09. The van der Waals surface area contributed by atoms with Crippen LogP contribution in [0.4, 0.5) is 0 Å². The summed E-state index contributed by atoms with van der Waals surface area (Å²) in [5, 5.41) is 9.60. The quantitative estimate of drug-likeness (QED) is 0.306. The van der Waals surface area contributed by atoms with E-state index in [0.29, 0.717) is 18.2 Å². The number of nitrogens with zero attached hydrogens (tertiary/aromatic N) is 1. The average Bonchev–Trinajstić information content (AvgIpc) is 2.63. The van der Waals surface area contributed by atoms with Gasteiger partial charge in [-0.3, -0.25) is 14.5 Å². The Labute approximate surface area is 167 Å². The maximum atomic E-state index is 11.9. The minimum atomic E-state index is -0.584. The Balaban J connectivity index is 1.70. The van der Waals surface area contributed by atoms with Crippen molar-refractivity contribution in [3.05, 3.63) is 47.0 Å². The predicted molar refractivity (Wildman–Crippen MR) is 107 cm³/mol. The van der Waals surface area contributed by atoms with Crippen molar-refractivity contribution in [3.63, 3.8) is 0 Å². The highest BCUT2D eigenvalue weighted by Gasteiger charge is 2.21. The zero-order valence-corrected chi connectivity index (χ0v) is 16.5. The zero-order chi connectivity index (χ0) is 19.6. The Morgan fingerprint density at radius 2 is 2.26 bits per heavy atom. The van der Waals surface area contributed by atoms with Gasteiger partial charge in [-0.05, 0) is 29.5 Å². The molecule has 1 fully saturated rings. The highest BCUT2D eigenvalue weighted by atomic mass is 35.5. The second-order valence-corrected chi connectivity index (χ2v) is 7.57. The van der Waals surface area contributed by atoms with Crippen LogP contribution in [0, 0.1) is 0 Å². The Bertz CT molecular complexity index is 714. The van der Waals surface area contributed by atoms with Gasteiger partial charge in [0.25, 0.3) is 0 Å². The van der Waals surface area contributed by atoms with Crippen molar-refractivity contribution in [2.75, 3.05) is 32.0 Å². The number of carbonyl (C=O) groups is 2. The maximum Gasteiger partial charge on any atom is 0.241 e. The van der Waals surface area contributed by atoms with Gasteiger partial charge in [-0.1, -0.05) is 23.7 Å². The van der Waals surface area contributed by atoms with Crippen LogP contribution in [0.15, 0.2) is 36.4 Å². The van der Waals surface area contributed by atoms with Crippen LogP contribution in [0.5, 0.6) is 0 Å². The fourth-order valence-corrected chi connectivity index (χ4v) is 3.36. The minimum Gasteiger partial charge on any atom is -0.374 e. The number of carbonyl (C=O) groups excluding carboxylic acids is 2. The molecule has 1 aliphatic rings. The molecule has 0 bridgehead atoms. The van der Waals surface area contributed by atoms with Crippen LogP contribution in [0.2, 0.25) is 5.02 Å². The molecule has 0 saturated carbocycles. The van der Waals surface area contributed by atoms with Gasteiger partial charge >= 0.3 is 0 Å². The van der Waals surface area contributed by atoms with Crippen LogP contribution < -0.4 is 16.5 Å². The fourth-order valence-electron chi connectivity index (χ4n) is 2.58. The van der Waals surface area contributed by atoms with Gasteiger partial charge in [0.05, 0.1) is 18.5 Å². The summed E-state index contributed by atoms with van der Waals surface area (Å²) in [6.45, 7) is 3.42. The van der Waals surface area contributed by atoms with E-state index in [9.17, 15) is 9.59 Å². The van der Waals surface area contributed by atoms with E-state index in [1.807, 2.05) is 24.3 Å². The van der Waals surface area contributed by atoms with Crippen LogP contribution in [-0.2, 0) is 20.9 Å². The Kier molecular flexibility index (Phi) is 8.80. The van der Waals surface area contributed by atoms with E-state index in [1.165, 1.54) is 6.08 Å². The SMILES string of the molecule is NC(=O)/C=C\C(=[NH2+])SCC(=O)NCC1CN(Cc2cccc(Cl)c2)CCO1. The van der Waals surface area contributed by atoms with Crippen molar-refractivity contribution < 1.29 is 19.7 Å². The topological polar surface area (TPSA) is 110 Å². The number of benzene rings is 1. The van der Waals surface area contributed by atoms with Crippen LogP contribution in [-0.4, -0.2) is 59.9 Å². The van der Waals surface area contributed by atoms with Crippen molar-refractivity contribution in [2.45, 2.75) is 12.6 Å². The summed E-state index contributed by atoms with van der Waals surface area (Å²) in [5.74, 6) is -0.570. The van der Waals surface area contributed by atoms with E-state index in [-0.39, 0.29) is 17.8 Å². The van der Waals surface area contributed by atoms with E-state index < -0.39 is 5.91 Å². The largest absolute Gasteiger partial charge is 0.374 e. The van der Waals surface area contributed by atoms with Gasteiger partial charge in [0.2, 0.25) is 16.9 Å². The molecule has 146 valence electrons. The Hall–Kier alpha value is -1.87. The molecule has 9 heteroatoms. The average molecular weight is 412 g/mol. The molecule has 1 aliphatic heterocycles. The molecule has 1 aromatic rings. The molecule has 2 rings (SSSR count). The van der Waals surface area contributed by atoms with Gasteiger partial charge in [-0.25, -0.2) is 5.41 Å². The zero-order valence-electron chi connectivity index (χ0n) is 14.9. The third-order valence-corrected chi connectivity index (χ3v) is 4.94. The Morgan fingerprint density at radius 1 is 1.44 bits per heavy atom. The summed E-state index contributed by atoms with van der Waals surface area (Å²) >= 11 is 7.17. The molecule has 0 aromatic heterocycles. The van der Waals surface area contributed by atoms with Crippen molar-refractivity contribution in [1.82, 2.24) is 10.2 Å². The van der Waals surface area contributed by atoms with Gasteiger partial charge in [0.15, 0.2) is 0 Å². The van der Waals surface area contributed by atoms with Crippen LogP contribution in [0.25, 0.3) is 0 Å². The number of nitrogens with one attached hydrogen (secondary N) is 1. The lowest BCUT2D eigenvalue weighted by Gasteiger charge is -2.33. The summed E-state index contributed by atoms with van der Waals surface area (Å²) in [6.07, 6.45) is 2.48. The lowest BCUT2D eigenvalue weighted by molar-refractivity contribution is -0.120. The van der Waals surface area contributed by atoms with Crippen molar-refractivity contribution in [3.8, 4) is 0 Å². The number of morpholine rings is 1. The van der Waals surface area contributed by atoms with Gasteiger partial charge in [0.1, 0.15) is 0 Å². The van der Waals surface area contributed by atoms with Gasteiger partial charge < -0.3 is 15.8 Å². The molecule has 0 radical (unpaired) electrons. The normalized spacial score (nSPS) is 17.7. The maximum absolute atomic E-state index is 11.9. The molecule has 1 atom stereocenters. The lowest BCUT2D eigenvalue weighted by atomic mass is 10.2. The number of ether oxygens (including phenoxy) is 1. The van der Waals surface area contributed by atoms with E-state index in [0.717, 1.165) is 48.1 Å². The first-order chi connectivity index (χ1) is 12.9. The summed E-state index contributed by atoms with van der Waals surface area (Å²) in [4.78, 5) is 24.8. The van der Waals surface area contributed by atoms with Crippen molar-refractivity contribution in [2.24, 2.45) is 5.73 Å². The van der Waals surface area contributed by atoms with E-state index in [2.05, 4.69) is 10.2 Å². The van der Waals surface area contributed by atoms with Gasteiger partial charge in [-0.2, -0.15) is 0 Å². The highest BCUT2D eigenvalue weighted by molar-refractivity contribution is 8.14. The first kappa shape index (κ1) is 21.4. The molecule has 0 spiro atoms. The fraction of sp³-hybridized carbons (Fsp3) is 0.389. The number of hydrogen-bond donors (Lipinski definition) is 3. The standard InChI is InChI=1S/C18H23ClN4O3S/c19-14-3-1-2-13(8-14)10-23-6-7-26-15(11-23)9-22-18(25)12-27-17(21)5-4-16(20)24/h1-5,8,15,21H,6-7,9-12H2,(H2,20,24)(H,22,25)/p+1/b5-4-,21-17?. The first-order valence-electron chi connectivity index (χ1n) is 8.50. The van der Waals surface area contributed by atoms with Gasteiger partial charge in [-0.15, -0.1) is 0 Å². The number of halogens is 1. The van der Waals surface area contributed by atoms with Gasteiger partial charge in [0, 0.05) is 43.4 Å². The van der Waals surface area contributed by atoms with Crippen LogP contribution in [0.1, 0.15) is 5.56 Å². The van der Waals surface area contributed by atoms with Crippen LogP contribution >= 0.6 is 23.4 Å². The molecule has 1 saturated heterocycles. The summed E-state index contributed by atoms with van der Waals surface area (Å²) < 4.78 is 5.73. The second kappa shape index (κ2) is 11.1. The number of amides is 2. The van der Waals surface area contributed by atoms with E-state index >= 15 is 0 Å². The van der Waals surface area contributed by atoms with E-state index in [4.69, 9.17) is 27.5 Å². The molecule has 1 heterocycles. The van der Waals surface area contributed by atoms with Crippen molar-refractivity contribution in [1.29, 1.82) is 0 Å². The lowest BCUT2D eigenvalue weighted by Crippen LogP contribution is -2.47. The number of thioether (sulfide) groups is 1. The summed E-state index contributed by atoms with van der Waals surface area (Å²) in [7, 11) is 0. The predicted octanol–water partition coefficient (Wildman–Crippen LogP) is -0.411. The molecular weight excluding hydrogens is 388 g/mol. The van der Waals surface area contributed by atoms with E-state index in [1.54, 1.807) is 0 Å². The molecule has 1 aromatic carbocycles. The molecule has 27 heavy (non-hydrogen) atoms. The smallest absolute Gasteiger partial charge is 0.241 e. The summed E-state index contributed by atoms with van der Waals surface area (Å²) in [5.41, 5.74) is 6.14. The molecule has 7 nitrogen and oxygen atoms in total. The highest BCUT2D eigenvalue weighted by Crippen LogP contribution is 2.14. The first-order valence-corrected chi connectivity index (χ1v) is 9.86. The molecule has 0 aliphatic carbocycles. The number of primary amides is 1. The third-order valence-electron chi connectivity index (χ3n) is 3.83. The Morgan fingerprint density at radius 3 is 3.00 bits per heavy atom. The third kappa shape index (κ3) is 8.57. The number of nitrogens with two attached hydrogens (primary N) is 2. The molecule has 5 N–H and O–H groups in total. The molecule has 1 unspecified atom stereocenters. The van der Waals surface area contributed by atoms with Crippen molar-refractivity contribution >= 4 is 40.2 Å². The minimum absolute atomic E-state index is 0.0667. The summed E-state index contributed by atoms with van der Waals surface area (Å²) in [6, 6.07) is 7.80. The monoisotopic (exact) mass is 411 g/mol. The molecule has 2 amide bonds. The number of hydrogen-bond acceptors (Lipinski definition) is 5. The molecular formula is C18H24ClN4O3S+.